The van der Waals surface area contributed by atoms with Crippen LogP contribution in [0.25, 0.3) is 0 Å². The molecule has 33 heavy (non-hydrogen) atoms. The van der Waals surface area contributed by atoms with Crippen molar-refractivity contribution < 1.29 is 36.6 Å². The maximum Gasteiger partial charge on any atom is 0.416 e. The van der Waals surface area contributed by atoms with Gasteiger partial charge in [-0.2, -0.15) is 13.2 Å². The van der Waals surface area contributed by atoms with Gasteiger partial charge in [-0.15, -0.1) is 0 Å². The monoisotopic (exact) mass is 489 g/mol. The molecule has 1 N–H and O–H groups in total. The van der Waals surface area contributed by atoms with Crippen LogP contribution in [0.4, 0.5) is 22.0 Å². The maximum absolute atomic E-state index is 14.3. The van der Waals surface area contributed by atoms with Crippen LogP contribution in [0.2, 0.25) is 5.02 Å². The molecular weight excluding hydrogens is 469 g/mol. The SMILES string of the molecule is O=C(O)c1cc(C2CC2)c(CN2CCC(Oc3cc(C(F)(F)F)cc(Cl)c3F)CC2)cc1F. The van der Waals surface area contributed by atoms with Crippen molar-refractivity contribution in [1.82, 2.24) is 4.90 Å². The van der Waals surface area contributed by atoms with Gasteiger partial charge in [0.05, 0.1) is 16.1 Å². The average Bonchev–Trinajstić information content (AvgIpc) is 3.57. The number of carbonyl (C=O) groups is 1. The minimum absolute atomic E-state index is 0.230. The highest BCUT2D eigenvalue weighted by atomic mass is 35.5. The van der Waals surface area contributed by atoms with Crippen molar-refractivity contribution in [3.63, 3.8) is 0 Å². The van der Waals surface area contributed by atoms with Gasteiger partial charge in [0, 0.05) is 19.6 Å². The summed E-state index contributed by atoms with van der Waals surface area (Å²) < 4.78 is 73.0. The standard InChI is InChI=1S/C23H21ClF5NO3/c24-18-8-14(23(27,28)29)9-20(21(18)26)33-15-3-5-30(6-4-15)11-13-7-19(25)17(22(31)32)10-16(13)12-1-2-12/h7-10,12,15H,1-6,11H2,(H,31,32). The molecule has 0 atom stereocenters. The molecule has 2 fully saturated rings. The lowest BCUT2D eigenvalue weighted by Gasteiger charge is -2.33. The number of likely N-dealkylation sites (tertiary alicyclic amines) is 1. The number of aromatic carboxylic acids is 1. The summed E-state index contributed by atoms with van der Waals surface area (Å²) in [6.07, 6.45) is -2.45. The number of benzene rings is 2. The van der Waals surface area contributed by atoms with Crippen molar-refractivity contribution in [3.8, 4) is 5.75 Å². The number of nitrogens with zero attached hydrogens (tertiary/aromatic N) is 1. The Kier molecular flexibility index (Phi) is 6.55. The lowest BCUT2D eigenvalue weighted by molar-refractivity contribution is -0.137. The van der Waals surface area contributed by atoms with Crippen LogP contribution in [0.15, 0.2) is 24.3 Å². The van der Waals surface area contributed by atoms with Crippen LogP contribution in [-0.4, -0.2) is 35.2 Å². The Morgan fingerprint density at radius 3 is 2.33 bits per heavy atom. The molecule has 0 amide bonds. The largest absolute Gasteiger partial charge is 0.487 e. The summed E-state index contributed by atoms with van der Waals surface area (Å²) in [7, 11) is 0. The van der Waals surface area contributed by atoms with E-state index in [2.05, 4.69) is 0 Å². The first-order valence-electron chi connectivity index (χ1n) is 10.5. The van der Waals surface area contributed by atoms with E-state index >= 15 is 0 Å². The summed E-state index contributed by atoms with van der Waals surface area (Å²) in [6, 6.07) is 3.83. The summed E-state index contributed by atoms with van der Waals surface area (Å²) in [5.74, 6) is -3.42. The quantitative estimate of drug-likeness (QED) is 0.487. The number of halogens is 6. The van der Waals surface area contributed by atoms with E-state index in [0.29, 0.717) is 44.6 Å². The van der Waals surface area contributed by atoms with Gasteiger partial charge < -0.3 is 9.84 Å². The Hall–Kier alpha value is -2.39. The molecule has 2 aromatic carbocycles. The van der Waals surface area contributed by atoms with Crippen molar-refractivity contribution in [2.24, 2.45) is 0 Å². The van der Waals surface area contributed by atoms with Crippen LogP contribution in [0.5, 0.6) is 5.75 Å². The number of hydrogen-bond acceptors (Lipinski definition) is 3. The Balaban J connectivity index is 1.42. The number of carboxylic acids is 1. The summed E-state index contributed by atoms with van der Waals surface area (Å²) >= 11 is 5.61. The van der Waals surface area contributed by atoms with Gasteiger partial charge in [-0.05, 0) is 67.0 Å². The molecule has 0 unspecified atom stereocenters. The van der Waals surface area contributed by atoms with E-state index in [1.165, 1.54) is 12.1 Å². The van der Waals surface area contributed by atoms with E-state index in [-0.39, 0.29) is 11.5 Å². The fraction of sp³-hybridized carbons (Fsp3) is 0.435. The molecule has 1 aliphatic heterocycles. The molecule has 10 heteroatoms. The van der Waals surface area contributed by atoms with Crippen LogP contribution < -0.4 is 4.74 Å². The van der Waals surface area contributed by atoms with Crippen molar-refractivity contribution in [2.45, 2.75) is 50.4 Å². The first-order valence-corrected chi connectivity index (χ1v) is 10.9. The van der Waals surface area contributed by atoms with Gasteiger partial charge >= 0.3 is 12.1 Å². The third-order valence-electron chi connectivity index (χ3n) is 6.02. The predicted molar refractivity (Wildman–Crippen MR) is 111 cm³/mol. The molecule has 178 valence electrons. The van der Waals surface area contributed by atoms with E-state index < -0.39 is 46.2 Å². The van der Waals surface area contributed by atoms with Gasteiger partial charge in [-0.3, -0.25) is 4.90 Å². The van der Waals surface area contributed by atoms with E-state index in [0.717, 1.165) is 24.0 Å². The van der Waals surface area contributed by atoms with Gasteiger partial charge in [0.1, 0.15) is 11.9 Å². The van der Waals surface area contributed by atoms with E-state index in [1.54, 1.807) is 0 Å². The van der Waals surface area contributed by atoms with Gasteiger partial charge in [-0.1, -0.05) is 11.6 Å². The summed E-state index contributed by atoms with van der Waals surface area (Å²) in [6.45, 7) is 1.43. The third kappa shape index (κ3) is 5.41. The zero-order valence-corrected chi connectivity index (χ0v) is 18.1. The second-order valence-corrected chi connectivity index (χ2v) is 8.88. The Labute approximate surface area is 191 Å². The maximum atomic E-state index is 14.3. The highest BCUT2D eigenvalue weighted by molar-refractivity contribution is 6.31. The van der Waals surface area contributed by atoms with Gasteiger partial charge in [0.25, 0.3) is 0 Å². The van der Waals surface area contributed by atoms with Gasteiger partial charge in [0.2, 0.25) is 0 Å². The van der Waals surface area contributed by atoms with Crippen LogP contribution >= 0.6 is 11.6 Å². The Morgan fingerprint density at radius 1 is 1.09 bits per heavy atom. The molecule has 2 aliphatic rings. The van der Waals surface area contributed by atoms with Crippen molar-refractivity contribution in [3.05, 3.63) is 63.2 Å². The fourth-order valence-corrected chi connectivity index (χ4v) is 4.34. The van der Waals surface area contributed by atoms with Crippen molar-refractivity contribution >= 4 is 17.6 Å². The minimum Gasteiger partial charge on any atom is -0.487 e. The topological polar surface area (TPSA) is 49.8 Å². The van der Waals surface area contributed by atoms with E-state index in [4.69, 9.17) is 16.3 Å². The van der Waals surface area contributed by atoms with Crippen molar-refractivity contribution in [2.75, 3.05) is 13.1 Å². The number of alkyl halides is 3. The lowest BCUT2D eigenvalue weighted by atomic mass is 9.98. The van der Waals surface area contributed by atoms with E-state index in [1.807, 2.05) is 4.90 Å². The zero-order valence-electron chi connectivity index (χ0n) is 17.4. The Bertz CT molecular complexity index is 1060. The summed E-state index contributed by atoms with van der Waals surface area (Å²) in [4.78, 5) is 13.3. The molecule has 1 saturated heterocycles. The third-order valence-corrected chi connectivity index (χ3v) is 6.30. The predicted octanol–water partition coefficient (Wildman–Crippen LogP) is 6.26. The second-order valence-electron chi connectivity index (χ2n) is 8.47. The van der Waals surface area contributed by atoms with Crippen LogP contribution in [0.1, 0.15) is 58.6 Å². The molecule has 2 aromatic rings. The number of carboxylic acid groups (broad SMARTS) is 1. The summed E-state index contributed by atoms with van der Waals surface area (Å²) in [5.41, 5.74) is 0.151. The van der Waals surface area contributed by atoms with Crippen LogP contribution in [0.3, 0.4) is 0 Å². The first-order chi connectivity index (χ1) is 15.5. The number of piperidine rings is 1. The molecule has 4 nitrogen and oxygen atoms in total. The highest BCUT2D eigenvalue weighted by Gasteiger charge is 2.34. The van der Waals surface area contributed by atoms with Gasteiger partial charge in [-0.25, -0.2) is 13.6 Å². The normalized spacial score (nSPS) is 17.9. The second kappa shape index (κ2) is 9.10. The molecule has 0 radical (unpaired) electrons. The fourth-order valence-electron chi connectivity index (χ4n) is 4.13. The molecular formula is C23H21ClF5NO3. The molecule has 1 aliphatic carbocycles. The molecule has 4 rings (SSSR count). The first kappa shape index (κ1) is 23.8. The molecule has 1 saturated carbocycles. The number of hydrogen-bond donors (Lipinski definition) is 1. The highest BCUT2D eigenvalue weighted by Crippen LogP contribution is 2.43. The van der Waals surface area contributed by atoms with E-state index in [9.17, 15) is 31.9 Å². The van der Waals surface area contributed by atoms with Gasteiger partial charge in [0.15, 0.2) is 11.6 Å². The Morgan fingerprint density at radius 2 is 1.76 bits per heavy atom. The molecule has 0 aromatic heterocycles. The average molecular weight is 490 g/mol. The summed E-state index contributed by atoms with van der Waals surface area (Å²) in [5, 5.41) is 8.54. The lowest BCUT2D eigenvalue weighted by Crippen LogP contribution is -2.38. The zero-order chi connectivity index (χ0) is 23.9. The number of ether oxygens (including phenoxy) is 1. The van der Waals surface area contributed by atoms with Crippen LogP contribution in [-0.2, 0) is 12.7 Å². The molecule has 0 bridgehead atoms. The van der Waals surface area contributed by atoms with Crippen molar-refractivity contribution in [1.29, 1.82) is 0 Å². The minimum atomic E-state index is -4.68. The molecule has 1 heterocycles. The van der Waals surface area contributed by atoms with Crippen LogP contribution in [0, 0.1) is 11.6 Å². The molecule has 0 spiro atoms. The smallest absolute Gasteiger partial charge is 0.416 e. The number of rotatable bonds is 6.